The van der Waals surface area contributed by atoms with Gasteiger partial charge in [-0.3, -0.25) is 4.79 Å². The second-order valence-electron chi connectivity index (χ2n) is 10.5. The van der Waals surface area contributed by atoms with Gasteiger partial charge in [0, 0.05) is 22.1 Å². The summed E-state index contributed by atoms with van der Waals surface area (Å²) in [5, 5.41) is 10.1. The first kappa shape index (κ1) is 24.1. The predicted molar refractivity (Wildman–Crippen MR) is 142 cm³/mol. The summed E-state index contributed by atoms with van der Waals surface area (Å²) in [6.07, 6.45) is 3.88. The third-order valence-electron chi connectivity index (χ3n) is 5.75. The third-order valence-corrected chi connectivity index (χ3v) is 6.54. The van der Waals surface area contributed by atoms with E-state index in [4.69, 9.17) is 4.42 Å². The molecule has 0 saturated carbocycles. The van der Waals surface area contributed by atoms with Crippen LogP contribution in [-0.4, -0.2) is 5.78 Å². The van der Waals surface area contributed by atoms with Gasteiger partial charge in [-0.25, -0.2) is 0 Å². The lowest BCUT2D eigenvalue weighted by molar-refractivity contribution is -0.114. The lowest BCUT2D eigenvalue weighted by Gasteiger charge is -2.31. The van der Waals surface area contributed by atoms with E-state index in [1.165, 1.54) is 0 Å². The molecule has 0 N–H and O–H groups in total. The highest BCUT2D eigenvalue weighted by molar-refractivity contribution is 9.10. The Morgan fingerprint density at radius 2 is 1.38 bits per heavy atom. The number of carbonyl (C=O) groups is 1. The van der Waals surface area contributed by atoms with Crippen molar-refractivity contribution in [1.29, 1.82) is 0 Å². The van der Waals surface area contributed by atoms with Gasteiger partial charge in [0.05, 0.1) is 10.2 Å². The zero-order valence-corrected chi connectivity index (χ0v) is 22.0. The first-order valence-corrected chi connectivity index (χ1v) is 12.1. The molecule has 1 aromatic heterocycles. The number of allylic oxidation sites excluding steroid dienone is 5. The van der Waals surface area contributed by atoms with Gasteiger partial charge in [-0.2, -0.15) is 5.11 Å². The van der Waals surface area contributed by atoms with Crippen LogP contribution in [0.4, 0.5) is 5.69 Å². The molecular weight excluding hydrogens is 488 g/mol. The molecule has 0 amide bonds. The number of halogens is 1. The quantitative estimate of drug-likeness (QED) is 0.325. The van der Waals surface area contributed by atoms with Crippen LogP contribution in [0.2, 0.25) is 0 Å². The minimum atomic E-state index is -0.333. The maximum atomic E-state index is 13.5. The first-order valence-electron chi connectivity index (χ1n) is 11.3. The number of azo groups is 1. The van der Waals surface area contributed by atoms with Gasteiger partial charge in [-0.15, -0.1) is 5.11 Å². The fraction of sp³-hybridized carbons (Fsp3) is 0.276. The normalized spacial score (nSPS) is 15.1. The molecule has 4 rings (SSSR count). The van der Waals surface area contributed by atoms with E-state index in [1.807, 2.05) is 66.7 Å². The zero-order valence-electron chi connectivity index (χ0n) is 20.4. The van der Waals surface area contributed by atoms with Gasteiger partial charge >= 0.3 is 0 Å². The van der Waals surface area contributed by atoms with Crippen LogP contribution < -0.4 is 0 Å². The summed E-state index contributed by atoms with van der Waals surface area (Å²) in [6.45, 7) is 12.3. The number of ketones is 1. The van der Waals surface area contributed by atoms with Gasteiger partial charge in [0.1, 0.15) is 11.3 Å². The largest absolute Gasteiger partial charge is 0.453 e. The average molecular weight is 517 g/mol. The number of furan rings is 1. The highest BCUT2D eigenvalue weighted by atomic mass is 79.9. The van der Waals surface area contributed by atoms with E-state index in [0.717, 1.165) is 37.8 Å². The number of hydrogen-bond acceptors (Lipinski definition) is 4. The number of fused-ring (bicyclic) bond motifs is 1. The van der Waals surface area contributed by atoms with Gasteiger partial charge in [0.2, 0.25) is 0 Å². The maximum absolute atomic E-state index is 13.5. The van der Waals surface area contributed by atoms with Crippen molar-refractivity contribution < 1.29 is 9.21 Å². The molecule has 34 heavy (non-hydrogen) atoms. The van der Waals surface area contributed by atoms with Crippen molar-refractivity contribution >= 4 is 44.1 Å². The molecule has 0 radical (unpaired) electrons. The van der Waals surface area contributed by atoms with E-state index in [9.17, 15) is 4.79 Å². The highest BCUT2D eigenvalue weighted by Gasteiger charge is 2.35. The fourth-order valence-electron chi connectivity index (χ4n) is 3.88. The van der Waals surface area contributed by atoms with Crippen molar-refractivity contribution in [3.05, 3.63) is 93.7 Å². The van der Waals surface area contributed by atoms with E-state index in [2.05, 4.69) is 67.7 Å². The Labute approximate surface area is 209 Å². The van der Waals surface area contributed by atoms with Crippen molar-refractivity contribution in [2.45, 2.75) is 41.5 Å². The van der Waals surface area contributed by atoms with Crippen LogP contribution in [0.1, 0.15) is 47.3 Å². The molecule has 3 aromatic rings. The summed E-state index contributed by atoms with van der Waals surface area (Å²) in [7, 11) is 0. The Hall–Kier alpha value is -3.05. The molecule has 4 nitrogen and oxygen atoms in total. The van der Waals surface area contributed by atoms with E-state index in [-0.39, 0.29) is 16.6 Å². The highest BCUT2D eigenvalue weighted by Crippen LogP contribution is 2.43. The van der Waals surface area contributed by atoms with Gasteiger partial charge in [-0.1, -0.05) is 71.9 Å². The van der Waals surface area contributed by atoms with Crippen molar-refractivity contribution in [3.63, 3.8) is 0 Å². The van der Waals surface area contributed by atoms with Gasteiger partial charge in [-0.05, 0) is 63.2 Å². The molecule has 1 aliphatic rings. The van der Waals surface area contributed by atoms with Gasteiger partial charge in [0.25, 0.3) is 0 Å². The molecule has 2 aromatic carbocycles. The Bertz CT molecular complexity index is 1340. The van der Waals surface area contributed by atoms with Crippen LogP contribution in [-0.2, 0) is 4.79 Å². The molecule has 0 spiro atoms. The third kappa shape index (κ3) is 4.76. The number of para-hydroxylation sites is 1. The summed E-state index contributed by atoms with van der Waals surface area (Å²) >= 11 is 3.73. The van der Waals surface area contributed by atoms with Crippen molar-refractivity contribution in [1.82, 2.24) is 0 Å². The summed E-state index contributed by atoms with van der Waals surface area (Å²) < 4.78 is 7.08. The van der Waals surface area contributed by atoms with Crippen LogP contribution in [0, 0.1) is 10.8 Å². The Morgan fingerprint density at radius 1 is 0.824 bits per heavy atom. The second kappa shape index (κ2) is 8.95. The Balaban J connectivity index is 2.04. The molecule has 5 heteroatoms. The van der Waals surface area contributed by atoms with E-state index < -0.39 is 0 Å². The Kier molecular flexibility index (Phi) is 6.34. The summed E-state index contributed by atoms with van der Waals surface area (Å²) in [5.41, 5.74) is 3.68. The topological polar surface area (TPSA) is 54.9 Å². The van der Waals surface area contributed by atoms with Crippen LogP contribution in [0.3, 0.4) is 0 Å². The van der Waals surface area contributed by atoms with Crippen molar-refractivity contribution in [3.8, 4) is 0 Å². The molecule has 0 fully saturated rings. The number of hydrogen-bond donors (Lipinski definition) is 0. The van der Waals surface area contributed by atoms with Crippen molar-refractivity contribution in [2.75, 3.05) is 0 Å². The molecule has 0 atom stereocenters. The molecule has 0 aliphatic heterocycles. The van der Waals surface area contributed by atoms with E-state index in [1.54, 1.807) is 0 Å². The second-order valence-corrected chi connectivity index (χ2v) is 11.3. The molecule has 174 valence electrons. The SMILES string of the molecule is CC(C)(C)C1=CC(=C(N=Nc2ccccc2)c2oc3ccccc3c2Br)C=C(C(C)(C)C)C1=O. The van der Waals surface area contributed by atoms with Gasteiger partial charge < -0.3 is 4.42 Å². The molecular formula is C29H29BrN2O2. The number of carbonyl (C=O) groups excluding carboxylic acids is 1. The lowest BCUT2D eigenvalue weighted by atomic mass is 9.71. The van der Waals surface area contributed by atoms with Crippen LogP contribution in [0.25, 0.3) is 16.7 Å². The molecule has 0 saturated heterocycles. The fourth-order valence-corrected chi connectivity index (χ4v) is 4.48. The Morgan fingerprint density at radius 3 is 1.94 bits per heavy atom. The number of rotatable bonds is 3. The minimum Gasteiger partial charge on any atom is -0.453 e. The maximum Gasteiger partial charge on any atom is 0.186 e. The standard InChI is InChI=1S/C29H29BrN2O2/c1-28(2,3)21-16-18(17-22(26(21)33)29(4,5)6)25(32-31-19-12-8-7-9-13-19)27-24(30)20-14-10-11-15-23(20)34-27/h7-17H,1-6H3. The first-order chi connectivity index (χ1) is 16.0. The summed E-state index contributed by atoms with van der Waals surface area (Å²) in [4.78, 5) is 13.5. The van der Waals surface area contributed by atoms with E-state index in [0.29, 0.717) is 11.5 Å². The van der Waals surface area contributed by atoms with Crippen LogP contribution >= 0.6 is 15.9 Å². The average Bonchev–Trinajstić information content (AvgIpc) is 3.10. The number of Topliss-reactive ketones (excluding diaryl/α,β-unsaturated/α-hetero) is 1. The zero-order chi connectivity index (χ0) is 24.7. The monoisotopic (exact) mass is 516 g/mol. The smallest absolute Gasteiger partial charge is 0.186 e. The molecule has 1 aliphatic carbocycles. The summed E-state index contributed by atoms with van der Waals surface area (Å²) in [5.74, 6) is 0.658. The predicted octanol–water partition coefficient (Wildman–Crippen LogP) is 9.22. The molecule has 0 bridgehead atoms. The lowest BCUT2D eigenvalue weighted by Crippen LogP contribution is -2.28. The molecule has 1 heterocycles. The van der Waals surface area contributed by atoms with E-state index >= 15 is 0 Å². The molecule has 0 unspecified atom stereocenters. The van der Waals surface area contributed by atoms with Crippen LogP contribution in [0.5, 0.6) is 0 Å². The number of benzene rings is 2. The van der Waals surface area contributed by atoms with Gasteiger partial charge in [0.15, 0.2) is 11.5 Å². The number of nitrogens with zero attached hydrogens (tertiary/aromatic N) is 2. The summed E-state index contributed by atoms with van der Waals surface area (Å²) in [6, 6.07) is 17.4. The van der Waals surface area contributed by atoms with Crippen molar-refractivity contribution in [2.24, 2.45) is 21.1 Å². The minimum absolute atomic E-state index is 0.0757. The van der Waals surface area contributed by atoms with Crippen LogP contribution in [0.15, 0.2) is 103 Å².